The molecular formula is C24H31ClN2O2. The Labute approximate surface area is 179 Å². The average Bonchev–Trinajstić information content (AvgIpc) is 2.75. The summed E-state index contributed by atoms with van der Waals surface area (Å²) in [5.41, 5.74) is 1.33. The fourth-order valence-corrected chi connectivity index (χ4v) is 3.91. The molecule has 0 unspecified atom stereocenters. The summed E-state index contributed by atoms with van der Waals surface area (Å²) < 4.78 is 5.64. The maximum atomic E-state index is 12.4. The fraction of sp³-hybridized carbons (Fsp3) is 0.458. The summed E-state index contributed by atoms with van der Waals surface area (Å²) in [4.78, 5) is 16.8. The van der Waals surface area contributed by atoms with Crippen molar-refractivity contribution in [3.8, 4) is 5.75 Å². The molecule has 0 aromatic heterocycles. The van der Waals surface area contributed by atoms with Crippen molar-refractivity contribution in [1.29, 1.82) is 0 Å². The lowest BCUT2D eigenvalue weighted by Crippen LogP contribution is -2.40. The van der Waals surface area contributed by atoms with Gasteiger partial charge in [0.25, 0.3) is 0 Å². The van der Waals surface area contributed by atoms with E-state index in [1.807, 2.05) is 54.4 Å². The molecule has 0 spiro atoms. The molecule has 1 amide bonds. The van der Waals surface area contributed by atoms with Gasteiger partial charge in [0, 0.05) is 25.2 Å². The summed E-state index contributed by atoms with van der Waals surface area (Å²) >= 11 is 5.95. The van der Waals surface area contributed by atoms with Crippen LogP contribution in [-0.4, -0.2) is 55.5 Å². The quantitative estimate of drug-likeness (QED) is 0.604. The van der Waals surface area contributed by atoms with Gasteiger partial charge in [0.05, 0.1) is 13.0 Å². The monoisotopic (exact) mass is 414 g/mol. The van der Waals surface area contributed by atoms with Crippen molar-refractivity contribution in [2.75, 3.05) is 39.8 Å². The Bertz CT molecular complexity index is 743. The number of piperidine rings is 1. The van der Waals surface area contributed by atoms with Gasteiger partial charge in [0.15, 0.2) is 0 Å². The van der Waals surface area contributed by atoms with Gasteiger partial charge in [-0.2, -0.15) is 0 Å². The number of carbonyl (C=O) groups is 1. The normalized spacial score (nSPS) is 15.2. The molecule has 1 fully saturated rings. The number of hydrogen-bond donors (Lipinski definition) is 0. The summed E-state index contributed by atoms with van der Waals surface area (Å²) in [6.07, 6.45) is 3.78. The zero-order valence-electron chi connectivity index (χ0n) is 17.2. The van der Waals surface area contributed by atoms with E-state index in [4.69, 9.17) is 16.3 Å². The van der Waals surface area contributed by atoms with Crippen LogP contribution in [0.3, 0.4) is 0 Å². The number of para-hydroxylation sites is 1. The van der Waals surface area contributed by atoms with Gasteiger partial charge in [-0.3, -0.25) is 4.79 Å². The number of halogens is 1. The molecule has 1 heterocycles. The van der Waals surface area contributed by atoms with Crippen LogP contribution in [0.1, 0.15) is 24.8 Å². The van der Waals surface area contributed by atoms with E-state index in [0.717, 1.165) is 56.2 Å². The first-order chi connectivity index (χ1) is 14.1. The van der Waals surface area contributed by atoms with Crippen LogP contribution in [-0.2, 0) is 11.2 Å². The van der Waals surface area contributed by atoms with Crippen molar-refractivity contribution in [1.82, 2.24) is 9.80 Å². The Morgan fingerprint density at radius 2 is 1.79 bits per heavy atom. The van der Waals surface area contributed by atoms with Crippen LogP contribution in [0.5, 0.6) is 5.75 Å². The van der Waals surface area contributed by atoms with Gasteiger partial charge in [-0.1, -0.05) is 41.9 Å². The SMILES string of the molecule is CN(CC1CCN(CCc2ccc(Cl)cc2)CC1)C(=O)CCOc1ccccc1. The Morgan fingerprint density at radius 3 is 2.48 bits per heavy atom. The summed E-state index contributed by atoms with van der Waals surface area (Å²) in [5, 5.41) is 0.792. The van der Waals surface area contributed by atoms with Crippen LogP contribution < -0.4 is 4.74 Å². The molecule has 29 heavy (non-hydrogen) atoms. The molecule has 4 nitrogen and oxygen atoms in total. The number of ether oxygens (including phenoxy) is 1. The van der Waals surface area contributed by atoms with E-state index in [2.05, 4.69) is 17.0 Å². The second-order valence-electron chi connectivity index (χ2n) is 7.85. The smallest absolute Gasteiger partial charge is 0.225 e. The van der Waals surface area contributed by atoms with E-state index in [1.165, 1.54) is 5.56 Å². The molecule has 2 aromatic carbocycles. The molecular weight excluding hydrogens is 384 g/mol. The van der Waals surface area contributed by atoms with Crippen molar-refractivity contribution in [3.63, 3.8) is 0 Å². The summed E-state index contributed by atoms with van der Waals surface area (Å²) in [6, 6.07) is 17.8. The van der Waals surface area contributed by atoms with Crippen molar-refractivity contribution < 1.29 is 9.53 Å². The highest BCUT2D eigenvalue weighted by atomic mass is 35.5. The third kappa shape index (κ3) is 7.37. The topological polar surface area (TPSA) is 32.8 Å². The lowest BCUT2D eigenvalue weighted by molar-refractivity contribution is -0.131. The largest absolute Gasteiger partial charge is 0.493 e. The van der Waals surface area contributed by atoms with E-state index in [1.54, 1.807) is 0 Å². The van der Waals surface area contributed by atoms with Gasteiger partial charge in [0.2, 0.25) is 5.91 Å². The first-order valence-electron chi connectivity index (χ1n) is 10.5. The minimum absolute atomic E-state index is 0.158. The molecule has 0 bridgehead atoms. The minimum atomic E-state index is 0.158. The second kappa shape index (κ2) is 11.2. The van der Waals surface area contributed by atoms with Crippen LogP contribution in [0.15, 0.2) is 54.6 Å². The number of rotatable bonds is 9. The zero-order chi connectivity index (χ0) is 20.5. The Hall–Kier alpha value is -2.04. The van der Waals surface area contributed by atoms with Crippen LogP contribution in [0.2, 0.25) is 5.02 Å². The van der Waals surface area contributed by atoms with E-state index in [-0.39, 0.29) is 5.91 Å². The second-order valence-corrected chi connectivity index (χ2v) is 8.28. The summed E-state index contributed by atoms with van der Waals surface area (Å²) in [6.45, 7) is 4.57. The molecule has 1 aliphatic rings. The van der Waals surface area contributed by atoms with Crippen LogP contribution >= 0.6 is 11.6 Å². The highest BCUT2D eigenvalue weighted by molar-refractivity contribution is 6.30. The number of carbonyl (C=O) groups excluding carboxylic acids is 1. The molecule has 2 aromatic rings. The Morgan fingerprint density at radius 1 is 1.10 bits per heavy atom. The lowest BCUT2D eigenvalue weighted by Gasteiger charge is -2.34. The van der Waals surface area contributed by atoms with E-state index in [0.29, 0.717) is 18.9 Å². The molecule has 0 aliphatic carbocycles. The number of amides is 1. The number of hydrogen-bond acceptors (Lipinski definition) is 3. The van der Waals surface area contributed by atoms with Gasteiger partial charge in [-0.25, -0.2) is 0 Å². The summed E-state index contributed by atoms with van der Waals surface area (Å²) in [7, 11) is 1.91. The fourth-order valence-electron chi connectivity index (χ4n) is 3.78. The zero-order valence-corrected chi connectivity index (χ0v) is 18.0. The Kier molecular flexibility index (Phi) is 8.38. The maximum absolute atomic E-state index is 12.4. The van der Waals surface area contributed by atoms with Crippen molar-refractivity contribution in [2.45, 2.75) is 25.7 Å². The molecule has 1 saturated heterocycles. The molecule has 0 radical (unpaired) electrons. The van der Waals surface area contributed by atoms with Crippen LogP contribution in [0.25, 0.3) is 0 Å². The van der Waals surface area contributed by atoms with Crippen molar-refractivity contribution >= 4 is 17.5 Å². The predicted molar refractivity (Wildman–Crippen MR) is 119 cm³/mol. The highest BCUT2D eigenvalue weighted by Gasteiger charge is 2.21. The highest BCUT2D eigenvalue weighted by Crippen LogP contribution is 2.19. The van der Waals surface area contributed by atoms with Crippen LogP contribution in [0, 0.1) is 5.92 Å². The molecule has 1 aliphatic heterocycles. The third-order valence-corrected chi connectivity index (χ3v) is 5.87. The predicted octanol–water partition coefficient (Wildman–Crippen LogP) is 4.52. The first-order valence-corrected chi connectivity index (χ1v) is 10.9. The van der Waals surface area contributed by atoms with Crippen molar-refractivity contribution in [3.05, 3.63) is 65.2 Å². The maximum Gasteiger partial charge on any atom is 0.225 e. The van der Waals surface area contributed by atoms with Gasteiger partial charge in [-0.05, 0) is 68.1 Å². The number of nitrogens with zero attached hydrogens (tertiary/aromatic N) is 2. The standard InChI is InChI=1S/C24H31ClN2O2/c1-26(24(28)14-18-29-23-5-3-2-4-6-23)19-21-12-16-27(17-13-21)15-11-20-7-9-22(25)10-8-20/h2-10,21H,11-19H2,1H3. The molecule has 0 saturated carbocycles. The van der Waals surface area contributed by atoms with Crippen molar-refractivity contribution in [2.24, 2.45) is 5.92 Å². The molecule has 5 heteroatoms. The first kappa shape index (κ1) is 21.7. The average molecular weight is 415 g/mol. The summed E-state index contributed by atoms with van der Waals surface area (Å²) in [5.74, 6) is 1.56. The van der Waals surface area contributed by atoms with Crippen LogP contribution in [0.4, 0.5) is 0 Å². The lowest BCUT2D eigenvalue weighted by atomic mass is 9.96. The van der Waals surface area contributed by atoms with Gasteiger partial charge in [-0.15, -0.1) is 0 Å². The van der Waals surface area contributed by atoms with E-state index < -0.39 is 0 Å². The van der Waals surface area contributed by atoms with Gasteiger partial charge >= 0.3 is 0 Å². The number of benzene rings is 2. The molecule has 0 N–H and O–H groups in total. The molecule has 156 valence electrons. The molecule has 3 rings (SSSR count). The Balaban J connectivity index is 1.31. The third-order valence-electron chi connectivity index (χ3n) is 5.62. The minimum Gasteiger partial charge on any atom is -0.493 e. The van der Waals surface area contributed by atoms with Gasteiger partial charge in [0.1, 0.15) is 5.75 Å². The molecule has 0 atom stereocenters. The van der Waals surface area contributed by atoms with E-state index >= 15 is 0 Å². The van der Waals surface area contributed by atoms with Gasteiger partial charge < -0.3 is 14.5 Å². The van der Waals surface area contributed by atoms with E-state index in [9.17, 15) is 4.79 Å². The number of likely N-dealkylation sites (tertiary alicyclic amines) is 1.